The van der Waals surface area contributed by atoms with E-state index in [-0.39, 0.29) is 23.7 Å². The summed E-state index contributed by atoms with van der Waals surface area (Å²) in [6.45, 7) is 25.8. The van der Waals surface area contributed by atoms with Crippen LogP contribution in [0.5, 0.6) is 0 Å². The van der Waals surface area contributed by atoms with E-state index < -0.39 is 30.9 Å². The lowest BCUT2D eigenvalue weighted by Crippen LogP contribution is -2.58. The molecule has 0 N–H and O–H groups in total. The van der Waals surface area contributed by atoms with Gasteiger partial charge in [-0.3, -0.25) is 0 Å². The van der Waals surface area contributed by atoms with Crippen LogP contribution in [0.1, 0.15) is 126 Å². The Hall–Kier alpha value is -0.629. The number of ether oxygens (including phenoxy) is 3. The van der Waals surface area contributed by atoms with Crippen molar-refractivity contribution in [2.24, 2.45) is 17.3 Å². The summed E-state index contributed by atoms with van der Waals surface area (Å²) in [4.78, 5) is 0. The van der Waals surface area contributed by atoms with Crippen LogP contribution in [0.2, 0.25) is 54.4 Å². The largest absolute Gasteiger partial charge is 0.414 e. The van der Waals surface area contributed by atoms with Gasteiger partial charge < -0.3 is 27.5 Å². The van der Waals surface area contributed by atoms with Gasteiger partial charge in [-0.15, -0.1) is 0 Å². The molecule has 4 aliphatic rings. The fourth-order valence-corrected chi connectivity index (χ4v) is 18.6. The van der Waals surface area contributed by atoms with Gasteiger partial charge in [0, 0.05) is 17.9 Å². The Labute approximate surface area is 342 Å². The van der Waals surface area contributed by atoms with E-state index in [4.69, 9.17) is 27.5 Å². The lowest BCUT2D eigenvalue weighted by Gasteiger charge is -2.50. The van der Waals surface area contributed by atoms with Crippen molar-refractivity contribution in [2.45, 2.75) is 206 Å². The average Bonchev–Trinajstić information content (AvgIpc) is 3.55. The van der Waals surface area contributed by atoms with E-state index in [0.717, 1.165) is 77.6 Å². The molecular formula is C46H84O6Si3. The summed E-state index contributed by atoms with van der Waals surface area (Å²) in [5.41, 5.74) is 1.42. The number of hydrogen-bond acceptors (Lipinski definition) is 6. The minimum absolute atomic E-state index is 0.00206. The number of rotatable bonds is 27. The molecular weight excluding hydrogens is 733 g/mol. The molecule has 6 nitrogen and oxygen atoms in total. The molecule has 0 radical (unpaired) electrons. The third-order valence-electron chi connectivity index (χ3n) is 14.8. The van der Waals surface area contributed by atoms with Crippen molar-refractivity contribution in [1.29, 1.82) is 0 Å². The minimum atomic E-state index is -1.84. The molecule has 55 heavy (non-hydrogen) atoms. The first-order valence-electron chi connectivity index (χ1n) is 23.1. The molecule has 9 heteroatoms. The molecule has 316 valence electrons. The van der Waals surface area contributed by atoms with Crippen LogP contribution in [-0.4, -0.2) is 69.1 Å². The first-order valence-corrected chi connectivity index (χ1v) is 30.7. The highest BCUT2D eigenvalue weighted by molar-refractivity contribution is 6.74. The molecule has 5 atom stereocenters. The van der Waals surface area contributed by atoms with Gasteiger partial charge in [-0.05, 0) is 123 Å². The van der Waals surface area contributed by atoms with Crippen LogP contribution >= 0.6 is 0 Å². The van der Waals surface area contributed by atoms with Crippen molar-refractivity contribution in [3.8, 4) is 0 Å². The van der Waals surface area contributed by atoms with E-state index in [2.05, 4.69) is 112 Å². The predicted octanol–water partition coefficient (Wildman–Crippen LogP) is 13.1. The molecule has 3 saturated heterocycles. The van der Waals surface area contributed by atoms with Crippen molar-refractivity contribution in [3.05, 3.63) is 48.0 Å². The summed E-state index contributed by atoms with van der Waals surface area (Å²) in [7, 11) is -5.45. The summed E-state index contributed by atoms with van der Waals surface area (Å²) >= 11 is 0. The highest BCUT2D eigenvalue weighted by Gasteiger charge is 2.51. The Bertz CT molecular complexity index is 1200. The number of benzene rings is 1. The van der Waals surface area contributed by atoms with Crippen molar-refractivity contribution in [3.63, 3.8) is 0 Å². The van der Waals surface area contributed by atoms with Gasteiger partial charge in [0.2, 0.25) is 0 Å². The van der Waals surface area contributed by atoms with E-state index in [9.17, 15) is 0 Å². The molecule has 0 aromatic heterocycles. The highest BCUT2D eigenvalue weighted by atomic mass is 28.4. The van der Waals surface area contributed by atoms with Gasteiger partial charge in [0.15, 0.2) is 25.0 Å². The van der Waals surface area contributed by atoms with Gasteiger partial charge in [0.25, 0.3) is 5.97 Å². The van der Waals surface area contributed by atoms with E-state index in [0.29, 0.717) is 11.8 Å². The van der Waals surface area contributed by atoms with Crippen molar-refractivity contribution in [1.82, 2.24) is 0 Å². The van der Waals surface area contributed by atoms with Crippen molar-refractivity contribution < 1.29 is 27.5 Å². The Balaban J connectivity index is 1.58. The molecule has 1 aromatic rings. The van der Waals surface area contributed by atoms with Gasteiger partial charge in [-0.1, -0.05) is 112 Å². The van der Waals surface area contributed by atoms with Gasteiger partial charge in [0.1, 0.15) is 0 Å². The topological polar surface area (TPSA) is 55.4 Å². The zero-order chi connectivity index (χ0) is 40.0. The summed E-state index contributed by atoms with van der Waals surface area (Å²) in [6.07, 6.45) is 15.0. The molecule has 5 rings (SSSR count). The fourth-order valence-electron chi connectivity index (χ4n) is 9.86. The van der Waals surface area contributed by atoms with E-state index in [1.807, 2.05) is 0 Å². The second-order valence-corrected chi connectivity index (χ2v) is 32.1. The fraction of sp³-hybridized carbons (Fsp3) is 0.826. The zero-order valence-electron chi connectivity index (χ0n) is 37.2. The maximum Gasteiger partial charge on any atom is 0.282 e. The van der Waals surface area contributed by atoms with Crippen molar-refractivity contribution >= 4 is 25.0 Å². The maximum absolute atomic E-state index is 7.58. The maximum atomic E-state index is 7.58. The zero-order valence-corrected chi connectivity index (χ0v) is 40.2. The summed E-state index contributed by atoms with van der Waals surface area (Å²) < 4.78 is 40.8. The number of aryl methyl sites for hydroxylation is 1. The highest BCUT2D eigenvalue weighted by Crippen LogP contribution is 2.46. The van der Waals surface area contributed by atoms with E-state index in [1.54, 1.807) is 0 Å². The average molecular weight is 817 g/mol. The van der Waals surface area contributed by atoms with Gasteiger partial charge >= 0.3 is 0 Å². The molecule has 4 fully saturated rings. The summed E-state index contributed by atoms with van der Waals surface area (Å²) in [5, 5.41) is 0. The van der Waals surface area contributed by atoms with Crippen LogP contribution in [0.25, 0.3) is 0 Å². The quantitative estimate of drug-likeness (QED) is 0.0501. The molecule has 2 bridgehead atoms. The lowest BCUT2D eigenvalue weighted by molar-refractivity contribution is -0.467. The molecule has 3 aliphatic heterocycles. The first kappa shape index (κ1) is 47.1. The summed E-state index contributed by atoms with van der Waals surface area (Å²) in [5.74, 6) is 0.0969. The van der Waals surface area contributed by atoms with Crippen LogP contribution in [0.3, 0.4) is 0 Å². The molecule has 0 unspecified atom stereocenters. The first-order chi connectivity index (χ1) is 26.5. The van der Waals surface area contributed by atoms with Crippen LogP contribution in [0, 0.1) is 17.3 Å². The lowest BCUT2D eigenvalue weighted by atomic mass is 9.85. The SMILES string of the molecule is CC[Si](CC)(CC)O[C@@H](CCc1ccccc1)CC[C@@H]1[C@@H](CC=CCCCC23OCC(C)(CO2)CO3)[C@@H](O[Si](CC)(CC)CC)C[C@H]1O[Si](CC)(CC)CC. The normalized spacial score (nSPS) is 28.0. The Morgan fingerprint density at radius 1 is 0.673 bits per heavy atom. The third kappa shape index (κ3) is 12.4. The Kier molecular flexibility index (Phi) is 18.9. The number of unbranched alkanes of at least 4 members (excludes halogenated alkanes) is 1. The van der Waals surface area contributed by atoms with Crippen molar-refractivity contribution in [2.75, 3.05) is 19.8 Å². The minimum Gasteiger partial charge on any atom is -0.414 e. The Morgan fingerprint density at radius 2 is 1.18 bits per heavy atom. The van der Waals surface area contributed by atoms with Crippen LogP contribution < -0.4 is 0 Å². The molecule has 0 spiro atoms. The Morgan fingerprint density at radius 3 is 1.69 bits per heavy atom. The standard InChI is InChI=1S/C46H84O6Si3/c1-11-53(12-2,13-3)50-40(31-30-39-27-23-22-24-28-39)32-33-42-41(29-25-20-21-26-34-46-47-36-45(10,37-48-46)38-49-46)43(51-54(14-4,15-5)16-6)35-44(42)52-55(17-7,18-8)19-9/h20,22-25,27-28,40-44H,11-19,21,26,29-38H2,1-10H3/t40-,41+,42+,43-,44+,45?,46?/m0/s1. The van der Waals surface area contributed by atoms with E-state index >= 15 is 0 Å². The van der Waals surface area contributed by atoms with Gasteiger partial charge in [-0.2, -0.15) is 0 Å². The van der Waals surface area contributed by atoms with Crippen LogP contribution in [0.4, 0.5) is 0 Å². The number of allylic oxidation sites excluding steroid dienone is 2. The van der Waals surface area contributed by atoms with Crippen LogP contribution in [0.15, 0.2) is 42.5 Å². The second-order valence-electron chi connectivity index (χ2n) is 17.9. The van der Waals surface area contributed by atoms with E-state index in [1.165, 1.54) is 60.0 Å². The molecule has 1 aromatic carbocycles. The van der Waals surface area contributed by atoms with Gasteiger partial charge in [0.05, 0.1) is 32.0 Å². The monoisotopic (exact) mass is 817 g/mol. The third-order valence-corrected chi connectivity index (χ3v) is 28.8. The number of hydrogen-bond donors (Lipinski definition) is 0. The van der Waals surface area contributed by atoms with Crippen LogP contribution in [-0.2, 0) is 33.9 Å². The van der Waals surface area contributed by atoms with Gasteiger partial charge in [-0.25, -0.2) is 0 Å². The molecule has 3 heterocycles. The molecule has 1 saturated carbocycles. The molecule has 0 amide bonds. The summed E-state index contributed by atoms with van der Waals surface area (Å²) in [6, 6.07) is 21.8. The predicted molar refractivity (Wildman–Crippen MR) is 238 cm³/mol. The smallest absolute Gasteiger partial charge is 0.282 e. The molecule has 1 aliphatic carbocycles. The second kappa shape index (κ2) is 22.1. The number of fused-ring (bicyclic) bond motifs is 3.